The highest BCUT2D eigenvalue weighted by molar-refractivity contribution is 7.98. The maximum Gasteiger partial charge on any atom is 0.133 e. The second kappa shape index (κ2) is 6.84. The predicted octanol–water partition coefficient (Wildman–Crippen LogP) is 3.46. The predicted molar refractivity (Wildman–Crippen MR) is 76.9 cm³/mol. The average molecular weight is 253 g/mol. The summed E-state index contributed by atoms with van der Waals surface area (Å²) in [7, 11) is 0. The van der Waals surface area contributed by atoms with Crippen LogP contribution in [-0.2, 0) is 0 Å². The van der Waals surface area contributed by atoms with E-state index in [-0.39, 0.29) is 0 Å². The van der Waals surface area contributed by atoms with Crippen molar-refractivity contribution in [1.82, 2.24) is 9.97 Å². The van der Waals surface area contributed by atoms with E-state index >= 15 is 0 Å². The molecule has 0 aromatic carbocycles. The SMILES string of the molecule is CCC(CSC)Nc1cc(C)nc(C(C)C)n1. The molecule has 4 heteroatoms. The lowest BCUT2D eigenvalue weighted by Gasteiger charge is -2.17. The van der Waals surface area contributed by atoms with E-state index in [1.54, 1.807) is 0 Å². The molecule has 0 saturated heterocycles. The number of thioether (sulfide) groups is 1. The minimum absolute atomic E-state index is 0.371. The molecule has 0 aliphatic carbocycles. The number of aromatic nitrogens is 2. The third-order valence-corrected chi connectivity index (χ3v) is 3.34. The van der Waals surface area contributed by atoms with Crippen molar-refractivity contribution in [3.63, 3.8) is 0 Å². The lowest BCUT2D eigenvalue weighted by molar-refractivity contribution is 0.743. The standard InChI is InChI=1S/C13H23N3S/c1-6-11(8-17-5)15-12-7-10(4)14-13(16-12)9(2)3/h7,9,11H,6,8H2,1-5H3,(H,14,15,16). The van der Waals surface area contributed by atoms with Gasteiger partial charge in [0, 0.05) is 29.5 Å². The molecule has 1 atom stereocenters. The Morgan fingerprint density at radius 3 is 2.59 bits per heavy atom. The number of rotatable bonds is 6. The van der Waals surface area contributed by atoms with Crippen LogP contribution in [0.15, 0.2) is 6.07 Å². The van der Waals surface area contributed by atoms with E-state index in [0.29, 0.717) is 12.0 Å². The van der Waals surface area contributed by atoms with Crippen molar-refractivity contribution in [1.29, 1.82) is 0 Å². The highest BCUT2D eigenvalue weighted by atomic mass is 32.2. The highest BCUT2D eigenvalue weighted by Crippen LogP contribution is 2.15. The van der Waals surface area contributed by atoms with Gasteiger partial charge in [0.15, 0.2) is 0 Å². The molecular formula is C13H23N3S. The minimum atomic E-state index is 0.371. The second-order valence-electron chi connectivity index (χ2n) is 4.61. The Hall–Kier alpha value is -0.770. The Balaban J connectivity index is 2.82. The summed E-state index contributed by atoms with van der Waals surface area (Å²) in [6, 6.07) is 2.51. The van der Waals surface area contributed by atoms with Crippen LogP contribution in [0.4, 0.5) is 5.82 Å². The molecule has 0 fully saturated rings. The van der Waals surface area contributed by atoms with Crippen molar-refractivity contribution < 1.29 is 0 Å². The van der Waals surface area contributed by atoms with Crippen molar-refractivity contribution >= 4 is 17.6 Å². The van der Waals surface area contributed by atoms with Crippen molar-refractivity contribution in [3.05, 3.63) is 17.6 Å². The van der Waals surface area contributed by atoms with Gasteiger partial charge in [-0.1, -0.05) is 20.8 Å². The Labute approximate surface area is 109 Å². The number of nitrogens with one attached hydrogen (secondary N) is 1. The van der Waals surface area contributed by atoms with Crippen LogP contribution in [0.1, 0.15) is 44.6 Å². The molecule has 1 aromatic rings. The van der Waals surface area contributed by atoms with Crippen LogP contribution in [0.5, 0.6) is 0 Å². The molecule has 1 rings (SSSR count). The van der Waals surface area contributed by atoms with E-state index in [1.807, 2.05) is 24.8 Å². The molecule has 96 valence electrons. The monoisotopic (exact) mass is 253 g/mol. The minimum Gasteiger partial charge on any atom is -0.366 e. The van der Waals surface area contributed by atoms with Crippen LogP contribution in [0.25, 0.3) is 0 Å². The van der Waals surface area contributed by atoms with Gasteiger partial charge in [-0.2, -0.15) is 11.8 Å². The van der Waals surface area contributed by atoms with Gasteiger partial charge in [0.2, 0.25) is 0 Å². The maximum absolute atomic E-state index is 4.57. The fraction of sp³-hybridized carbons (Fsp3) is 0.692. The van der Waals surface area contributed by atoms with Gasteiger partial charge in [0.1, 0.15) is 11.6 Å². The quantitative estimate of drug-likeness (QED) is 0.842. The van der Waals surface area contributed by atoms with E-state index in [0.717, 1.165) is 29.5 Å². The molecule has 0 amide bonds. The first-order valence-corrected chi connectivity index (χ1v) is 7.57. The summed E-state index contributed by atoms with van der Waals surface area (Å²) >= 11 is 1.86. The van der Waals surface area contributed by atoms with Crippen LogP contribution in [0.2, 0.25) is 0 Å². The van der Waals surface area contributed by atoms with Gasteiger partial charge in [-0.3, -0.25) is 0 Å². The van der Waals surface area contributed by atoms with Crippen LogP contribution in [0, 0.1) is 6.92 Å². The molecule has 3 nitrogen and oxygen atoms in total. The molecule has 1 N–H and O–H groups in total. The smallest absolute Gasteiger partial charge is 0.133 e. The zero-order valence-corrected chi connectivity index (χ0v) is 12.3. The van der Waals surface area contributed by atoms with Crippen molar-refractivity contribution in [2.45, 2.75) is 46.1 Å². The Kier molecular flexibility index (Phi) is 5.75. The van der Waals surface area contributed by atoms with Gasteiger partial charge in [-0.15, -0.1) is 0 Å². The van der Waals surface area contributed by atoms with Crippen molar-refractivity contribution in [2.24, 2.45) is 0 Å². The lowest BCUT2D eigenvalue weighted by Crippen LogP contribution is -2.22. The molecule has 0 aliphatic rings. The fourth-order valence-electron chi connectivity index (χ4n) is 1.60. The van der Waals surface area contributed by atoms with Crippen LogP contribution in [0.3, 0.4) is 0 Å². The van der Waals surface area contributed by atoms with Crippen molar-refractivity contribution in [2.75, 3.05) is 17.3 Å². The number of hydrogen-bond acceptors (Lipinski definition) is 4. The van der Waals surface area contributed by atoms with Gasteiger partial charge in [-0.25, -0.2) is 9.97 Å². The van der Waals surface area contributed by atoms with Gasteiger partial charge in [-0.05, 0) is 19.6 Å². The van der Waals surface area contributed by atoms with Gasteiger partial charge in [0.25, 0.3) is 0 Å². The fourth-order valence-corrected chi connectivity index (χ4v) is 2.32. The zero-order chi connectivity index (χ0) is 12.8. The number of nitrogens with zero attached hydrogens (tertiary/aromatic N) is 2. The molecule has 0 aliphatic heterocycles. The van der Waals surface area contributed by atoms with E-state index in [1.165, 1.54) is 0 Å². The topological polar surface area (TPSA) is 37.8 Å². The first kappa shape index (κ1) is 14.3. The zero-order valence-electron chi connectivity index (χ0n) is 11.4. The summed E-state index contributed by atoms with van der Waals surface area (Å²) in [6.45, 7) is 8.47. The summed E-state index contributed by atoms with van der Waals surface area (Å²) in [5.41, 5.74) is 1.03. The Bertz CT molecular complexity index is 353. The highest BCUT2D eigenvalue weighted by Gasteiger charge is 2.09. The normalized spacial score (nSPS) is 12.8. The number of anilines is 1. The third-order valence-electron chi connectivity index (χ3n) is 2.60. The molecule has 0 bridgehead atoms. The Morgan fingerprint density at radius 1 is 1.35 bits per heavy atom. The Morgan fingerprint density at radius 2 is 2.06 bits per heavy atom. The van der Waals surface area contributed by atoms with E-state index in [4.69, 9.17) is 0 Å². The van der Waals surface area contributed by atoms with Gasteiger partial charge in [0.05, 0.1) is 0 Å². The summed E-state index contributed by atoms with van der Waals surface area (Å²) in [5.74, 6) is 3.36. The average Bonchev–Trinajstić information content (AvgIpc) is 2.27. The summed E-state index contributed by atoms with van der Waals surface area (Å²) in [4.78, 5) is 9.03. The lowest BCUT2D eigenvalue weighted by atomic mass is 10.2. The number of hydrogen-bond donors (Lipinski definition) is 1. The molecule has 1 aromatic heterocycles. The van der Waals surface area contributed by atoms with Crippen LogP contribution < -0.4 is 5.32 Å². The molecule has 1 unspecified atom stereocenters. The van der Waals surface area contributed by atoms with E-state index < -0.39 is 0 Å². The molecule has 0 radical (unpaired) electrons. The molecule has 0 saturated carbocycles. The molecular weight excluding hydrogens is 230 g/mol. The molecule has 1 heterocycles. The van der Waals surface area contributed by atoms with E-state index in [9.17, 15) is 0 Å². The van der Waals surface area contributed by atoms with Crippen LogP contribution >= 0.6 is 11.8 Å². The summed E-state index contributed by atoms with van der Waals surface area (Å²) < 4.78 is 0. The van der Waals surface area contributed by atoms with E-state index in [2.05, 4.69) is 42.3 Å². The first-order chi connectivity index (χ1) is 8.06. The first-order valence-electron chi connectivity index (χ1n) is 6.17. The summed E-state index contributed by atoms with van der Waals surface area (Å²) in [5, 5.41) is 3.49. The van der Waals surface area contributed by atoms with Crippen molar-refractivity contribution in [3.8, 4) is 0 Å². The third kappa shape index (κ3) is 4.54. The summed E-state index contributed by atoms with van der Waals surface area (Å²) in [6.07, 6.45) is 3.25. The van der Waals surface area contributed by atoms with Gasteiger partial charge < -0.3 is 5.32 Å². The maximum atomic E-state index is 4.57. The number of aryl methyl sites for hydroxylation is 1. The van der Waals surface area contributed by atoms with Crippen LogP contribution in [-0.4, -0.2) is 28.0 Å². The molecule has 0 spiro atoms. The second-order valence-corrected chi connectivity index (χ2v) is 5.52. The molecule has 17 heavy (non-hydrogen) atoms. The largest absolute Gasteiger partial charge is 0.366 e. The van der Waals surface area contributed by atoms with Gasteiger partial charge >= 0.3 is 0 Å².